The molecule has 0 amide bonds. The average molecular weight is 277 g/mol. The average Bonchev–Trinajstić information content (AvgIpc) is 2.44. The predicted molar refractivity (Wildman–Crippen MR) is 90.1 cm³/mol. The van der Waals surface area contributed by atoms with Crippen LogP contribution in [0.15, 0.2) is 36.5 Å². The van der Waals surface area contributed by atoms with Gasteiger partial charge < -0.3 is 0 Å². The molecule has 21 heavy (non-hydrogen) atoms. The lowest BCUT2D eigenvalue weighted by atomic mass is 9.71. The molecule has 0 atom stereocenters. The first-order chi connectivity index (χ1) is 9.95. The van der Waals surface area contributed by atoms with E-state index in [1.807, 2.05) is 6.20 Å². The van der Waals surface area contributed by atoms with Crippen molar-refractivity contribution in [1.29, 1.82) is 0 Å². The summed E-state index contributed by atoms with van der Waals surface area (Å²) < 4.78 is 0. The fourth-order valence-electron chi connectivity index (χ4n) is 3.06. The Morgan fingerprint density at radius 3 is 2.48 bits per heavy atom. The normalized spacial score (nSPS) is 18.6. The summed E-state index contributed by atoms with van der Waals surface area (Å²) in [5, 5.41) is 0. The lowest BCUT2D eigenvalue weighted by Crippen LogP contribution is -2.22. The molecule has 0 fully saturated rings. The van der Waals surface area contributed by atoms with Gasteiger partial charge in [-0.25, -0.2) is 0 Å². The molecule has 1 aromatic heterocycles. The van der Waals surface area contributed by atoms with E-state index < -0.39 is 0 Å². The van der Waals surface area contributed by atoms with Crippen LogP contribution in [0, 0.1) is 19.3 Å². The lowest BCUT2D eigenvalue weighted by molar-refractivity contribution is 0.442. The molecule has 108 valence electrons. The Hall–Kier alpha value is -1.89. The van der Waals surface area contributed by atoms with Crippen LogP contribution < -0.4 is 0 Å². The van der Waals surface area contributed by atoms with E-state index in [1.54, 1.807) is 0 Å². The van der Waals surface area contributed by atoms with E-state index in [2.05, 4.69) is 64.1 Å². The summed E-state index contributed by atoms with van der Waals surface area (Å²) in [7, 11) is 0. The van der Waals surface area contributed by atoms with Gasteiger partial charge >= 0.3 is 0 Å². The summed E-state index contributed by atoms with van der Waals surface area (Å²) in [6.07, 6.45) is 6.62. The van der Waals surface area contributed by atoms with Crippen molar-refractivity contribution in [3.63, 3.8) is 0 Å². The first kappa shape index (κ1) is 14.1. The highest BCUT2D eigenvalue weighted by Crippen LogP contribution is 2.44. The molecule has 1 aliphatic rings. The Labute approximate surface area is 127 Å². The first-order valence-electron chi connectivity index (χ1n) is 7.70. The minimum Gasteiger partial charge on any atom is -0.256 e. The zero-order valence-corrected chi connectivity index (χ0v) is 13.4. The molecular weight excluding hydrogens is 254 g/mol. The molecule has 1 aromatic carbocycles. The third-order valence-electron chi connectivity index (χ3n) is 4.50. The molecule has 3 rings (SSSR count). The van der Waals surface area contributed by atoms with Gasteiger partial charge in [0, 0.05) is 6.20 Å². The Morgan fingerprint density at radius 1 is 1.05 bits per heavy atom. The second kappa shape index (κ2) is 5.14. The third kappa shape index (κ3) is 2.78. The number of aromatic nitrogens is 1. The van der Waals surface area contributed by atoms with Gasteiger partial charge in [-0.15, -0.1) is 0 Å². The van der Waals surface area contributed by atoms with Gasteiger partial charge in [-0.1, -0.05) is 49.7 Å². The molecule has 1 heterocycles. The molecule has 0 saturated carbocycles. The standard InChI is InChI=1S/C20H23N/c1-14-5-7-16(8-6-14)12-18-19-17(9-10-20(18,3)4)11-15(2)13-21-19/h5-8,11-13H,9-10H2,1-4H3/b18-12-. The number of aryl methyl sites for hydroxylation is 3. The van der Waals surface area contributed by atoms with Crippen LogP contribution in [0.4, 0.5) is 0 Å². The Morgan fingerprint density at radius 2 is 1.76 bits per heavy atom. The minimum absolute atomic E-state index is 0.181. The van der Waals surface area contributed by atoms with Crippen molar-refractivity contribution in [2.75, 3.05) is 0 Å². The smallest absolute Gasteiger partial charge is 0.0699 e. The number of pyridine rings is 1. The van der Waals surface area contributed by atoms with Crippen LogP contribution in [-0.4, -0.2) is 4.98 Å². The maximum atomic E-state index is 4.74. The van der Waals surface area contributed by atoms with E-state index in [0.29, 0.717) is 0 Å². The number of nitrogens with zero attached hydrogens (tertiary/aromatic N) is 1. The molecule has 0 aliphatic heterocycles. The quantitative estimate of drug-likeness (QED) is 0.697. The first-order valence-corrected chi connectivity index (χ1v) is 7.70. The number of hydrogen-bond acceptors (Lipinski definition) is 1. The van der Waals surface area contributed by atoms with Crippen molar-refractivity contribution >= 4 is 11.6 Å². The zero-order chi connectivity index (χ0) is 15.0. The van der Waals surface area contributed by atoms with Crippen molar-refractivity contribution in [2.24, 2.45) is 5.41 Å². The summed E-state index contributed by atoms with van der Waals surface area (Å²) in [5.74, 6) is 0. The largest absolute Gasteiger partial charge is 0.256 e. The molecule has 0 N–H and O–H groups in total. The van der Waals surface area contributed by atoms with Crippen molar-refractivity contribution in [1.82, 2.24) is 4.98 Å². The maximum Gasteiger partial charge on any atom is 0.0699 e. The SMILES string of the molecule is Cc1ccc(/C=C2/c3ncc(C)cc3CCC2(C)C)cc1. The van der Waals surface area contributed by atoms with Gasteiger partial charge in [-0.05, 0) is 60.4 Å². The monoisotopic (exact) mass is 277 g/mol. The van der Waals surface area contributed by atoms with Crippen LogP contribution in [0.5, 0.6) is 0 Å². The Kier molecular flexibility index (Phi) is 3.44. The molecule has 0 unspecified atom stereocenters. The van der Waals surface area contributed by atoms with E-state index in [0.717, 1.165) is 6.42 Å². The fraction of sp³-hybridized carbons (Fsp3) is 0.350. The van der Waals surface area contributed by atoms with Crippen molar-refractivity contribution in [3.05, 3.63) is 64.5 Å². The second-order valence-corrected chi connectivity index (χ2v) is 6.87. The summed E-state index contributed by atoms with van der Waals surface area (Å²) >= 11 is 0. The van der Waals surface area contributed by atoms with E-state index in [1.165, 1.54) is 39.9 Å². The second-order valence-electron chi connectivity index (χ2n) is 6.87. The molecule has 2 aromatic rings. The lowest BCUT2D eigenvalue weighted by Gasteiger charge is -2.34. The van der Waals surface area contributed by atoms with Crippen LogP contribution >= 0.6 is 0 Å². The number of hydrogen-bond donors (Lipinski definition) is 0. The zero-order valence-electron chi connectivity index (χ0n) is 13.4. The molecular formula is C20H23N. The van der Waals surface area contributed by atoms with E-state index in [-0.39, 0.29) is 5.41 Å². The van der Waals surface area contributed by atoms with Crippen LogP contribution in [0.3, 0.4) is 0 Å². The molecule has 0 saturated heterocycles. The highest BCUT2D eigenvalue weighted by Gasteiger charge is 2.31. The number of allylic oxidation sites excluding steroid dienone is 1. The molecule has 0 radical (unpaired) electrons. The topological polar surface area (TPSA) is 12.9 Å². The third-order valence-corrected chi connectivity index (χ3v) is 4.50. The maximum absolute atomic E-state index is 4.74. The van der Waals surface area contributed by atoms with Gasteiger partial charge in [0.05, 0.1) is 5.69 Å². The van der Waals surface area contributed by atoms with Crippen molar-refractivity contribution < 1.29 is 0 Å². The van der Waals surface area contributed by atoms with E-state index in [4.69, 9.17) is 4.98 Å². The highest BCUT2D eigenvalue weighted by molar-refractivity contribution is 5.85. The van der Waals surface area contributed by atoms with Crippen LogP contribution in [0.1, 0.15) is 48.2 Å². The van der Waals surface area contributed by atoms with Crippen molar-refractivity contribution in [3.8, 4) is 0 Å². The van der Waals surface area contributed by atoms with Crippen LogP contribution in [0.25, 0.3) is 11.6 Å². The van der Waals surface area contributed by atoms with E-state index in [9.17, 15) is 0 Å². The van der Waals surface area contributed by atoms with Gasteiger partial charge in [-0.3, -0.25) is 4.98 Å². The molecule has 1 heteroatoms. The highest BCUT2D eigenvalue weighted by atomic mass is 14.7. The molecule has 0 bridgehead atoms. The molecule has 1 nitrogen and oxygen atoms in total. The number of benzene rings is 1. The van der Waals surface area contributed by atoms with Gasteiger partial charge in [-0.2, -0.15) is 0 Å². The van der Waals surface area contributed by atoms with Crippen LogP contribution in [0.2, 0.25) is 0 Å². The van der Waals surface area contributed by atoms with Gasteiger partial charge in [0.2, 0.25) is 0 Å². The fourth-order valence-corrected chi connectivity index (χ4v) is 3.06. The van der Waals surface area contributed by atoms with Gasteiger partial charge in [0.25, 0.3) is 0 Å². The Bertz CT molecular complexity index is 690. The summed E-state index contributed by atoms with van der Waals surface area (Å²) in [5.41, 5.74) is 7.95. The van der Waals surface area contributed by atoms with Crippen LogP contribution in [-0.2, 0) is 6.42 Å². The summed E-state index contributed by atoms with van der Waals surface area (Å²) in [6, 6.07) is 11.0. The van der Waals surface area contributed by atoms with Gasteiger partial charge in [0.1, 0.15) is 0 Å². The molecule has 1 aliphatic carbocycles. The van der Waals surface area contributed by atoms with E-state index >= 15 is 0 Å². The van der Waals surface area contributed by atoms with Gasteiger partial charge in [0.15, 0.2) is 0 Å². The Balaban J connectivity index is 2.12. The molecule has 0 spiro atoms. The summed E-state index contributed by atoms with van der Waals surface area (Å²) in [6.45, 7) is 8.91. The predicted octanol–water partition coefficient (Wildman–Crippen LogP) is 5.21. The summed E-state index contributed by atoms with van der Waals surface area (Å²) in [4.78, 5) is 4.74. The minimum atomic E-state index is 0.181. The van der Waals surface area contributed by atoms with Crippen molar-refractivity contribution in [2.45, 2.75) is 40.5 Å². The number of rotatable bonds is 1. The number of fused-ring (bicyclic) bond motifs is 1.